The van der Waals surface area contributed by atoms with E-state index in [2.05, 4.69) is 15.3 Å². The van der Waals surface area contributed by atoms with Crippen LogP contribution in [0.15, 0.2) is 28.7 Å². The molecule has 174 valence electrons. The molecule has 2 amide bonds. The number of nitrogens with zero attached hydrogens (tertiary/aromatic N) is 2. The maximum Gasteiger partial charge on any atom is 0.433 e. The van der Waals surface area contributed by atoms with Crippen molar-refractivity contribution in [3.05, 3.63) is 41.4 Å². The maximum atomic E-state index is 13.2. The van der Waals surface area contributed by atoms with Gasteiger partial charge in [0, 0.05) is 10.9 Å². The summed E-state index contributed by atoms with van der Waals surface area (Å²) in [4.78, 5) is 32.6. The fourth-order valence-electron chi connectivity index (χ4n) is 3.72. The van der Waals surface area contributed by atoms with Crippen LogP contribution in [0.1, 0.15) is 41.2 Å². The Balaban J connectivity index is 1.78. The molecule has 2 heterocycles. The number of nitrogens with one attached hydrogen (secondary N) is 1. The van der Waals surface area contributed by atoms with Crippen LogP contribution < -0.4 is 21.5 Å². The zero-order chi connectivity index (χ0) is 24.0. The fraction of sp³-hybridized carbons (Fsp3) is 0.333. The summed E-state index contributed by atoms with van der Waals surface area (Å²) in [6.45, 7) is -0.177. The summed E-state index contributed by atoms with van der Waals surface area (Å²) in [6.07, 6.45) is -3.09. The van der Waals surface area contributed by atoms with E-state index in [4.69, 9.17) is 20.6 Å². The quantitative estimate of drug-likeness (QED) is 0.509. The third kappa shape index (κ3) is 3.86. The van der Waals surface area contributed by atoms with Crippen LogP contribution in [0.5, 0.6) is 5.75 Å². The molecule has 3 aromatic rings. The standard InChI is InChI=1S/C21H20F3N5O4/c1-32-12-5-3-11(10-4-6-14(21(22,23)24)27-15(10)12)18-28-16(13(9-25)33-18)17(30)29-20(19(26)31)7-2-8-20/h3-6H,2,7-9,25H2,1H3,(H2,26,31)(H,29,30). The number of hydrogen-bond donors (Lipinski definition) is 3. The van der Waals surface area contributed by atoms with Crippen LogP contribution in [0, 0.1) is 0 Å². The molecule has 0 aliphatic heterocycles. The molecule has 5 N–H and O–H groups in total. The van der Waals surface area contributed by atoms with Gasteiger partial charge in [-0.3, -0.25) is 9.59 Å². The molecule has 1 aromatic carbocycles. The topological polar surface area (TPSA) is 146 Å². The summed E-state index contributed by atoms with van der Waals surface area (Å²) in [5.41, 5.74) is 9.02. The molecule has 2 aromatic heterocycles. The van der Waals surface area contributed by atoms with E-state index in [0.717, 1.165) is 12.5 Å². The number of fused-ring (bicyclic) bond motifs is 1. The fourth-order valence-corrected chi connectivity index (χ4v) is 3.72. The van der Waals surface area contributed by atoms with Gasteiger partial charge in [0.1, 0.15) is 22.5 Å². The lowest BCUT2D eigenvalue weighted by atomic mass is 9.76. The van der Waals surface area contributed by atoms with Crippen molar-refractivity contribution in [2.45, 2.75) is 37.5 Å². The molecule has 1 aliphatic carbocycles. The molecule has 0 unspecified atom stereocenters. The van der Waals surface area contributed by atoms with Crippen LogP contribution >= 0.6 is 0 Å². The van der Waals surface area contributed by atoms with Gasteiger partial charge in [0.15, 0.2) is 11.5 Å². The Morgan fingerprint density at radius 3 is 2.48 bits per heavy atom. The molecule has 1 saturated carbocycles. The number of rotatable bonds is 6. The molecule has 0 spiro atoms. The Hall–Kier alpha value is -3.67. The minimum atomic E-state index is -4.64. The number of nitrogens with two attached hydrogens (primary N) is 2. The van der Waals surface area contributed by atoms with Crippen LogP contribution in [0.3, 0.4) is 0 Å². The Bertz CT molecular complexity index is 1250. The molecule has 0 radical (unpaired) electrons. The molecule has 0 atom stereocenters. The van der Waals surface area contributed by atoms with Crippen molar-refractivity contribution in [3.63, 3.8) is 0 Å². The average molecular weight is 463 g/mol. The number of aromatic nitrogens is 2. The van der Waals surface area contributed by atoms with E-state index in [1.54, 1.807) is 0 Å². The van der Waals surface area contributed by atoms with E-state index < -0.39 is 29.2 Å². The van der Waals surface area contributed by atoms with Crippen LogP contribution in [-0.2, 0) is 17.5 Å². The molecule has 12 heteroatoms. The number of amides is 2. The number of pyridine rings is 1. The number of benzene rings is 1. The number of alkyl halides is 3. The van der Waals surface area contributed by atoms with Crippen molar-refractivity contribution in [1.29, 1.82) is 0 Å². The lowest BCUT2D eigenvalue weighted by Crippen LogP contribution is -2.61. The summed E-state index contributed by atoms with van der Waals surface area (Å²) in [5.74, 6) is -1.20. The van der Waals surface area contributed by atoms with Gasteiger partial charge in [0.05, 0.1) is 13.7 Å². The number of oxazole rings is 1. The van der Waals surface area contributed by atoms with E-state index in [0.29, 0.717) is 12.8 Å². The Labute approximate surface area is 185 Å². The van der Waals surface area contributed by atoms with Gasteiger partial charge in [-0.05, 0) is 43.5 Å². The van der Waals surface area contributed by atoms with Crippen molar-refractivity contribution in [3.8, 4) is 17.2 Å². The Morgan fingerprint density at radius 2 is 1.94 bits per heavy atom. The van der Waals surface area contributed by atoms with E-state index in [1.807, 2.05) is 0 Å². The first-order valence-corrected chi connectivity index (χ1v) is 9.97. The van der Waals surface area contributed by atoms with Gasteiger partial charge in [-0.25, -0.2) is 9.97 Å². The van der Waals surface area contributed by atoms with Crippen molar-refractivity contribution in [1.82, 2.24) is 15.3 Å². The molecule has 1 aliphatic rings. The predicted molar refractivity (Wildman–Crippen MR) is 110 cm³/mol. The SMILES string of the molecule is COc1ccc(-c2nc(C(=O)NC3(C(N)=O)CCC3)c(CN)o2)c2ccc(C(F)(F)F)nc12. The second kappa shape index (κ2) is 8.03. The molecular formula is C21H20F3N5O4. The van der Waals surface area contributed by atoms with Crippen LogP contribution in [0.25, 0.3) is 22.4 Å². The smallest absolute Gasteiger partial charge is 0.433 e. The maximum absolute atomic E-state index is 13.2. The largest absolute Gasteiger partial charge is 0.494 e. The molecule has 1 fully saturated rings. The van der Waals surface area contributed by atoms with Gasteiger partial charge in [0.2, 0.25) is 11.8 Å². The number of carbonyl (C=O) groups is 2. The Kier molecular flexibility index (Phi) is 5.48. The molecule has 0 saturated heterocycles. The van der Waals surface area contributed by atoms with Crippen molar-refractivity contribution >= 4 is 22.7 Å². The van der Waals surface area contributed by atoms with E-state index >= 15 is 0 Å². The van der Waals surface area contributed by atoms with Gasteiger partial charge in [-0.15, -0.1) is 0 Å². The van der Waals surface area contributed by atoms with Crippen molar-refractivity contribution in [2.24, 2.45) is 11.5 Å². The molecule has 33 heavy (non-hydrogen) atoms. The number of hydrogen-bond acceptors (Lipinski definition) is 7. The molecule has 9 nitrogen and oxygen atoms in total. The number of methoxy groups -OCH3 is 1. The summed E-state index contributed by atoms with van der Waals surface area (Å²) in [7, 11) is 1.31. The highest BCUT2D eigenvalue weighted by molar-refractivity contribution is 6.00. The second-order valence-electron chi connectivity index (χ2n) is 7.65. The highest BCUT2D eigenvalue weighted by atomic mass is 19.4. The van der Waals surface area contributed by atoms with E-state index in [9.17, 15) is 22.8 Å². The first-order valence-electron chi connectivity index (χ1n) is 9.97. The van der Waals surface area contributed by atoms with Crippen molar-refractivity contribution in [2.75, 3.05) is 7.11 Å². The summed E-state index contributed by atoms with van der Waals surface area (Å²) in [6, 6.07) is 5.01. The van der Waals surface area contributed by atoms with Gasteiger partial charge in [-0.1, -0.05) is 0 Å². The van der Waals surface area contributed by atoms with Gasteiger partial charge >= 0.3 is 6.18 Å². The zero-order valence-electron chi connectivity index (χ0n) is 17.5. The highest BCUT2D eigenvalue weighted by Gasteiger charge is 2.44. The normalized spacial score (nSPS) is 15.2. The number of halogens is 3. The summed E-state index contributed by atoms with van der Waals surface area (Å²) < 4.78 is 50.3. The predicted octanol–water partition coefficient (Wildman–Crippen LogP) is 2.51. The van der Waals surface area contributed by atoms with E-state index in [-0.39, 0.29) is 46.1 Å². The second-order valence-corrected chi connectivity index (χ2v) is 7.65. The van der Waals surface area contributed by atoms with Crippen molar-refractivity contribution < 1.29 is 31.9 Å². The summed E-state index contributed by atoms with van der Waals surface area (Å²) >= 11 is 0. The number of primary amides is 1. The number of carbonyl (C=O) groups excluding carboxylic acids is 2. The first kappa shape index (κ1) is 22.5. The Morgan fingerprint density at radius 1 is 1.21 bits per heavy atom. The van der Waals surface area contributed by atoms with Crippen LogP contribution in [0.2, 0.25) is 0 Å². The third-order valence-electron chi connectivity index (χ3n) is 5.69. The third-order valence-corrected chi connectivity index (χ3v) is 5.69. The lowest BCUT2D eigenvalue weighted by molar-refractivity contribution is -0.141. The van der Waals surface area contributed by atoms with Gasteiger partial charge in [0.25, 0.3) is 5.91 Å². The molecule has 4 rings (SSSR count). The molecule has 0 bridgehead atoms. The monoisotopic (exact) mass is 463 g/mol. The van der Waals surface area contributed by atoms with E-state index in [1.165, 1.54) is 25.3 Å². The zero-order valence-corrected chi connectivity index (χ0v) is 17.5. The van der Waals surface area contributed by atoms with Gasteiger partial charge < -0.3 is 25.9 Å². The first-order chi connectivity index (χ1) is 15.6. The minimum absolute atomic E-state index is 0.0449. The lowest BCUT2D eigenvalue weighted by Gasteiger charge is -2.39. The van der Waals surface area contributed by atoms with Crippen LogP contribution in [0.4, 0.5) is 13.2 Å². The summed E-state index contributed by atoms with van der Waals surface area (Å²) in [5, 5.41) is 2.89. The number of ether oxygens (including phenoxy) is 1. The molecular weight excluding hydrogens is 443 g/mol. The van der Waals surface area contributed by atoms with Gasteiger partial charge in [-0.2, -0.15) is 13.2 Å². The van der Waals surface area contributed by atoms with Crippen LogP contribution in [-0.4, -0.2) is 34.4 Å². The average Bonchev–Trinajstić information content (AvgIpc) is 3.18. The highest BCUT2D eigenvalue weighted by Crippen LogP contribution is 2.37. The minimum Gasteiger partial charge on any atom is -0.494 e.